The van der Waals surface area contributed by atoms with Crippen LogP contribution >= 0.6 is 0 Å². The standard InChI is InChI=1S/C9H9O2.ClH.Zn/c1-7-3-5-8(6-4-7)9(10)11-2;;/h3-6H,1H2,2H3;1H;/p-1. The summed E-state index contributed by atoms with van der Waals surface area (Å²) in [6.45, 7) is 3.69. The van der Waals surface area contributed by atoms with Crippen molar-refractivity contribution in [2.45, 2.75) is 0 Å². The Kier molecular flexibility index (Phi) is 7.98. The van der Waals surface area contributed by atoms with E-state index in [0.717, 1.165) is 5.22 Å². The van der Waals surface area contributed by atoms with E-state index in [1.54, 1.807) is 24.3 Å². The van der Waals surface area contributed by atoms with Crippen LogP contribution in [0.3, 0.4) is 0 Å². The molecule has 4 heteroatoms. The average molecular weight is 250 g/mol. The number of ether oxygens (including phenoxy) is 1. The molecule has 0 heterocycles. The average Bonchev–Trinajstić information content (AvgIpc) is 2.05. The molecule has 1 rings (SSSR count). The van der Waals surface area contributed by atoms with E-state index in [9.17, 15) is 5.11 Å². The summed E-state index contributed by atoms with van der Waals surface area (Å²) in [6, 6.07) is 6.92. The van der Waals surface area contributed by atoms with E-state index in [1.807, 2.05) is 0 Å². The third kappa shape index (κ3) is 4.30. The van der Waals surface area contributed by atoms with Gasteiger partial charge in [-0.1, -0.05) is 18.7 Å². The van der Waals surface area contributed by atoms with Crippen molar-refractivity contribution in [3.05, 3.63) is 34.7 Å². The van der Waals surface area contributed by atoms with Gasteiger partial charge in [0.15, 0.2) is 0 Å². The van der Waals surface area contributed by atoms with E-state index in [0.29, 0.717) is 5.22 Å². The minimum atomic E-state index is -0.315. The minimum absolute atomic E-state index is 0. The Balaban J connectivity index is 0. The predicted octanol–water partition coefficient (Wildman–Crippen LogP) is -2.76. The Morgan fingerprint density at radius 3 is 2.15 bits per heavy atom. The number of hydrogen-bond acceptors (Lipinski definition) is 1. The van der Waals surface area contributed by atoms with Crippen LogP contribution in [-0.4, -0.2) is 7.11 Å². The van der Waals surface area contributed by atoms with Crippen molar-refractivity contribution in [1.82, 2.24) is 0 Å². The minimum Gasteiger partial charge on any atom is -1.00 e. The molecule has 0 aromatic heterocycles. The zero-order chi connectivity index (χ0) is 8.27. The van der Waals surface area contributed by atoms with Gasteiger partial charge >= 0.3 is 5.95 Å². The number of benzene rings is 1. The first-order valence-corrected chi connectivity index (χ1v) is 3.24. The predicted molar refractivity (Wildman–Crippen MR) is 42.3 cm³/mol. The second kappa shape index (κ2) is 6.93. The van der Waals surface area contributed by atoms with Gasteiger partial charge in [-0.3, -0.25) is 0 Å². The van der Waals surface area contributed by atoms with E-state index in [-0.39, 0.29) is 37.8 Å². The van der Waals surface area contributed by atoms with Crippen LogP contribution in [0.4, 0.5) is 0 Å². The maximum Gasteiger partial charge on any atom is 0.337 e. The smallest absolute Gasteiger partial charge is 0.337 e. The zero-order valence-corrected chi connectivity index (χ0v) is 11.1. The summed E-state index contributed by atoms with van der Waals surface area (Å²) in [5.74, 6) is -0.315. The molecule has 0 unspecified atom stereocenters. The fourth-order valence-electron chi connectivity index (χ4n) is 0.759. The Bertz CT molecular complexity index is 328. The Labute approximate surface area is 96.1 Å². The normalized spacial score (nSPS) is 7.77. The van der Waals surface area contributed by atoms with Gasteiger partial charge in [0.25, 0.3) is 0 Å². The van der Waals surface area contributed by atoms with E-state index in [1.165, 1.54) is 7.11 Å². The Morgan fingerprint density at radius 2 is 1.77 bits per heavy atom. The van der Waals surface area contributed by atoms with Crippen molar-refractivity contribution < 1.29 is 41.7 Å². The van der Waals surface area contributed by atoms with Crippen LogP contribution < -0.4 is 22.8 Å². The van der Waals surface area contributed by atoms with Crippen molar-refractivity contribution in [3.8, 4) is 0 Å². The van der Waals surface area contributed by atoms with Crippen LogP contribution in [0.5, 0.6) is 0 Å². The van der Waals surface area contributed by atoms with E-state index >= 15 is 0 Å². The first kappa shape index (κ1) is 15.0. The Hall–Kier alpha value is -0.527. The van der Waals surface area contributed by atoms with Crippen molar-refractivity contribution >= 4 is 12.5 Å². The van der Waals surface area contributed by atoms with Crippen LogP contribution in [0.25, 0.3) is 12.5 Å². The summed E-state index contributed by atoms with van der Waals surface area (Å²) in [5.41, 5.74) is 0. The van der Waals surface area contributed by atoms with Crippen molar-refractivity contribution in [1.29, 1.82) is 0 Å². The fourth-order valence-corrected chi connectivity index (χ4v) is 0.759. The van der Waals surface area contributed by atoms with Gasteiger partial charge in [0.05, 0.1) is 12.3 Å². The molecule has 1 aromatic rings. The summed E-state index contributed by atoms with van der Waals surface area (Å²) >= 11 is 0. The molecule has 67 valence electrons. The third-order valence-electron chi connectivity index (χ3n) is 1.38. The fraction of sp³-hybridized carbons (Fsp3) is 0.111. The molecule has 0 N–H and O–H groups in total. The molecule has 0 bridgehead atoms. The van der Waals surface area contributed by atoms with Crippen LogP contribution in [0.1, 0.15) is 0 Å². The van der Waals surface area contributed by atoms with E-state index in [2.05, 4.69) is 11.3 Å². The molecule has 0 fully saturated rings. The van der Waals surface area contributed by atoms with Crippen molar-refractivity contribution in [3.63, 3.8) is 0 Å². The van der Waals surface area contributed by atoms with Gasteiger partial charge in [-0.25, -0.2) is 5.11 Å². The molecule has 0 aliphatic carbocycles. The number of halogens is 1. The van der Waals surface area contributed by atoms with Gasteiger partial charge in [0, 0.05) is 19.5 Å². The van der Waals surface area contributed by atoms with Crippen molar-refractivity contribution in [2.24, 2.45) is 0 Å². The SMILES string of the molecule is C=c1ccc(=C([O])OC)cc1.[Cl-].[Zn]. The van der Waals surface area contributed by atoms with Gasteiger partial charge in [-0.05, 0) is 17.4 Å². The first-order chi connectivity index (χ1) is 5.24. The molecule has 0 saturated carbocycles. The summed E-state index contributed by atoms with van der Waals surface area (Å²) < 4.78 is 4.52. The van der Waals surface area contributed by atoms with E-state index < -0.39 is 0 Å². The van der Waals surface area contributed by atoms with Crippen LogP contribution in [0.2, 0.25) is 0 Å². The largest absolute Gasteiger partial charge is 1.00 e. The molecule has 0 spiro atoms. The second-order valence-electron chi connectivity index (χ2n) is 2.19. The maximum atomic E-state index is 10.9. The van der Waals surface area contributed by atoms with Gasteiger partial charge in [-0.2, -0.15) is 0 Å². The molecular formula is C9H9ClO2Zn-. The first-order valence-electron chi connectivity index (χ1n) is 3.24. The molecule has 0 aliphatic rings. The molecule has 0 amide bonds. The van der Waals surface area contributed by atoms with Gasteiger partial charge in [-0.15, -0.1) is 0 Å². The molecule has 0 aliphatic heterocycles. The summed E-state index contributed by atoms with van der Waals surface area (Å²) in [5, 5.41) is 12.3. The van der Waals surface area contributed by atoms with Crippen LogP contribution in [0, 0.1) is 0 Å². The number of rotatable bonds is 1. The van der Waals surface area contributed by atoms with Crippen LogP contribution in [-0.2, 0) is 29.3 Å². The second-order valence-corrected chi connectivity index (χ2v) is 2.19. The Morgan fingerprint density at radius 1 is 1.31 bits per heavy atom. The molecule has 2 nitrogen and oxygen atoms in total. The van der Waals surface area contributed by atoms with Gasteiger partial charge in [0.2, 0.25) is 0 Å². The summed E-state index contributed by atoms with van der Waals surface area (Å²) in [4.78, 5) is 0. The molecule has 1 radical (unpaired) electrons. The van der Waals surface area contributed by atoms with Crippen molar-refractivity contribution in [2.75, 3.05) is 7.11 Å². The molecule has 0 saturated heterocycles. The molecule has 1 aromatic carbocycles. The molecule has 13 heavy (non-hydrogen) atoms. The molecule has 0 atom stereocenters. The maximum absolute atomic E-state index is 10.9. The molecular weight excluding hydrogens is 241 g/mol. The van der Waals surface area contributed by atoms with Gasteiger partial charge in [0.1, 0.15) is 0 Å². The number of methoxy groups -OCH3 is 1. The monoisotopic (exact) mass is 248 g/mol. The third-order valence-corrected chi connectivity index (χ3v) is 1.38. The zero-order valence-electron chi connectivity index (χ0n) is 7.42. The van der Waals surface area contributed by atoms with E-state index in [4.69, 9.17) is 0 Å². The number of hydrogen-bond donors (Lipinski definition) is 0. The topological polar surface area (TPSA) is 29.1 Å². The summed E-state index contributed by atoms with van der Waals surface area (Å²) in [7, 11) is 1.36. The summed E-state index contributed by atoms with van der Waals surface area (Å²) in [6.07, 6.45) is 0. The quantitative estimate of drug-likeness (QED) is 0.496. The van der Waals surface area contributed by atoms with Gasteiger partial charge < -0.3 is 17.1 Å². The van der Waals surface area contributed by atoms with Crippen LogP contribution in [0.15, 0.2) is 24.3 Å².